The molecular weight excluding hydrogens is 281 g/mol. The van der Waals surface area contributed by atoms with E-state index >= 15 is 0 Å². The molecule has 5 heteroatoms. The molecule has 3 N–H and O–H groups in total. The van der Waals surface area contributed by atoms with Gasteiger partial charge in [-0.25, -0.2) is 0 Å². The average molecular weight is 304 g/mol. The lowest BCUT2D eigenvalue weighted by molar-refractivity contribution is 0.281. The summed E-state index contributed by atoms with van der Waals surface area (Å²) in [5.74, 6) is 5.64. The Kier molecular flexibility index (Phi) is 7.73. The summed E-state index contributed by atoms with van der Waals surface area (Å²) in [6.45, 7) is 7.46. The summed E-state index contributed by atoms with van der Waals surface area (Å²) in [6, 6.07) is 5.76. The Morgan fingerprint density at radius 1 is 1.21 bits per heavy atom. The Balaban J connectivity index is 2.61. The quantitative estimate of drug-likeness (QED) is 0.573. The highest BCUT2D eigenvalue weighted by Crippen LogP contribution is 2.25. The van der Waals surface area contributed by atoms with Crippen molar-refractivity contribution >= 4 is 23.2 Å². The molecule has 0 radical (unpaired) electrons. The Hall–Kier alpha value is -0.320. The lowest BCUT2D eigenvalue weighted by atomic mass is 10.0. The van der Waals surface area contributed by atoms with Gasteiger partial charge in [-0.05, 0) is 50.2 Å². The van der Waals surface area contributed by atoms with Gasteiger partial charge < -0.3 is 4.90 Å². The van der Waals surface area contributed by atoms with Gasteiger partial charge in [-0.1, -0.05) is 43.1 Å². The third kappa shape index (κ3) is 5.28. The fraction of sp³-hybridized carbons (Fsp3) is 0.571. The molecule has 0 bridgehead atoms. The van der Waals surface area contributed by atoms with Crippen molar-refractivity contribution in [2.45, 2.75) is 32.7 Å². The number of nitrogens with zero attached hydrogens (tertiary/aromatic N) is 1. The van der Waals surface area contributed by atoms with E-state index in [1.807, 2.05) is 18.2 Å². The molecule has 1 aromatic carbocycles. The van der Waals surface area contributed by atoms with Crippen LogP contribution in [0, 0.1) is 0 Å². The van der Waals surface area contributed by atoms with Crippen molar-refractivity contribution in [3.8, 4) is 0 Å². The van der Waals surface area contributed by atoms with Gasteiger partial charge >= 0.3 is 0 Å². The molecule has 0 aliphatic heterocycles. The second kappa shape index (κ2) is 8.77. The van der Waals surface area contributed by atoms with E-state index in [0.717, 1.165) is 38.0 Å². The summed E-state index contributed by atoms with van der Waals surface area (Å²) in [4.78, 5) is 2.37. The summed E-state index contributed by atoms with van der Waals surface area (Å²) in [6.07, 6.45) is 1.72. The smallest absolute Gasteiger partial charge is 0.0453 e. The number of halogens is 2. The Bertz CT molecular complexity index is 361. The summed E-state index contributed by atoms with van der Waals surface area (Å²) in [7, 11) is 0. The summed E-state index contributed by atoms with van der Waals surface area (Å²) in [5.41, 5.74) is 3.83. The van der Waals surface area contributed by atoms with Crippen LogP contribution in [0.1, 0.15) is 25.8 Å². The predicted molar refractivity (Wildman–Crippen MR) is 83.7 cm³/mol. The zero-order chi connectivity index (χ0) is 14.3. The van der Waals surface area contributed by atoms with Crippen molar-refractivity contribution in [3.05, 3.63) is 33.8 Å². The maximum atomic E-state index is 6.18. The third-order valence-corrected chi connectivity index (χ3v) is 4.14. The molecule has 1 aromatic rings. The van der Waals surface area contributed by atoms with Gasteiger partial charge in [0.25, 0.3) is 0 Å². The molecule has 0 spiro atoms. The minimum atomic E-state index is 0.179. The lowest BCUT2D eigenvalue weighted by Crippen LogP contribution is -2.40. The van der Waals surface area contributed by atoms with Crippen LogP contribution in [0.25, 0.3) is 0 Å². The molecule has 0 fully saturated rings. The predicted octanol–water partition coefficient (Wildman–Crippen LogP) is 3.10. The molecule has 0 aromatic heterocycles. The molecule has 1 unspecified atom stereocenters. The van der Waals surface area contributed by atoms with Crippen molar-refractivity contribution < 1.29 is 0 Å². The van der Waals surface area contributed by atoms with Crippen molar-refractivity contribution in [2.75, 3.05) is 19.6 Å². The number of hydrazine groups is 1. The van der Waals surface area contributed by atoms with Crippen LogP contribution in [0.15, 0.2) is 18.2 Å². The number of hydrogen-bond donors (Lipinski definition) is 2. The first kappa shape index (κ1) is 16.7. The molecule has 108 valence electrons. The fourth-order valence-electron chi connectivity index (χ4n) is 2.10. The summed E-state index contributed by atoms with van der Waals surface area (Å²) >= 11 is 12.4. The topological polar surface area (TPSA) is 41.3 Å². The van der Waals surface area contributed by atoms with Gasteiger partial charge in [0.05, 0.1) is 0 Å². The van der Waals surface area contributed by atoms with Gasteiger partial charge in [0, 0.05) is 16.1 Å². The number of nitrogens with two attached hydrogens (primary N) is 1. The van der Waals surface area contributed by atoms with Gasteiger partial charge in [0.15, 0.2) is 0 Å². The van der Waals surface area contributed by atoms with E-state index in [2.05, 4.69) is 24.2 Å². The van der Waals surface area contributed by atoms with Crippen molar-refractivity contribution in [3.63, 3.8) is 0 Å². The van der Waals surface area contributed by atoms with Crippen LogP contribution in [-0.2, 0) is 6.42 Å². The number of nitrogens with one attached hydrogen (secondary N) is 1. The second-order valence-corrected chi connectivity index (χ2v) is 5.40. The monoisotopic (exact) mass is 303 g/mol. The largest absolute Gasteiger partial charge is 0.304 e. The molecule has 0 saturated heterocycles. The van der Waals surface area contributed by atoms with Crippen LogP contribution >= 0.6 is 23.2 Å². The van der Waals surface area contributed by atoms with Gasteiger partial charge in [-0.2, -0.15) is 0 Å². The molecule has 0 aliphatic rings. The Labute approximate surface area is 126 Å². The highest BCUT2D eigenvalue weighted by molar-refractivity contribution is 6.35. The van der Waals surface area contributed by atoms with E-state index < -0.39 is 0 Å². The van der Waals surface area contributed by atoms with Gasteiger partial charge in [0.2, 0.25) is 0 Å². The van der Waals surface area contributed by atoms with E-state index in [4.69, 9.17) is 29.0 Å². The molecule has 0 aliphatic carbocycles. The molecule has 0 amide bonds. The SMILES string of the molecule is CCN(CC)CCC(Cc1c(Cl)cccc1Cl)NN. The van der Waals surface area contributed by atoms with Crippen molar-refractivity contribution in [2.24, 2.45) is 5.84 Å². The van der Waals surface area contributed by atoms with Gasteiger partial charge in [0.1, 0.15) is 0 Å². The minimum Gasteiger partial charge on any atom is -0.304 e. The molecule has 1 rings (SSSR count). The van der Waals surface area contributed by atoms with Crippen molar-refractivity contribution in [1.29, 1.82) is 0 Å². The van der Waals surface area contributed by atoms with Crippen LogP contribution in [0.3, 0.4) is 0 Å². The zero-order valence-corrected chi connectivity index (χ0v) is 13.1. The van der Waals surface area contributed by atoms with E-state index in [0.29, 0.717) is 10.0 Å². The van der Waals surface area contributed by atoms with E-state index in [1.54, 1.807) is 0 Å². The molecule has 3 nitrogen and oxygen atoms in total. The van der Waals surface area contributed by atoms with Crippen molar-refractivity contribution in [1.82, 2.24) is 10.3 Å². The minimum absolute atomic E-state index is 0.179. The fourth-order valence-corrected chi connectivity index (χ4v) is 2.65. The molecule has 19 heavy (non-hydrogen) atoms. The van der Waals surface area contributed by atoms with Gasteiger partial charge in [-0.3, -0.25) is 11.3 Å². The molecular formula is C14H23Cl2N3. The Morgan fingerprint density at radius 2 is 1.79 bits per heavy atom. The highest BCUT2D eigenvalue weighted by atomic mass is 35.5. The second-order valence-electron chi connectivity index (χ2n) is 4.58. The van der Waals surface area contributed by atoms with E-state index in [-0.39, 0.29) is 6.04 Å². The maximum absolute atomic E-state index is 6.18. The highest BCUT2D eigenvalue weighted by Gasteiger charge is 2.14. The maximum Gasteiger partial charge on any atom is 0.0453 e. The standard InChI is InChI=1S/C14H23Cl2N3/c1-3-19(4-2)9-8-11(18-17)10-12-13(15)6-5-7-14(12)16/h5-7,11,18H,3-4,8-10,17H2,1-2H3. The number of hydrogen-bond acceptors (Lipinski definition) is 3. The van der Waals surface area contributed by atoms with Crippen LogP contribution in [0.5, 0.6) is 0 Å². The average Bonchev–Trinajstić information content (AvgIpc) is 2.41. The normalized spacial score (nSPS) is 12.9. The number of benzene rings is 1. The molecule has 1 atom stereocenters. The Morgan fingerprint density at radius 3 is 2.26 bits per heavy atom. The van der Waals surface area contributed by atoms with Crippen LogP contribution < -0.4 is 11.3 Å². The molecule has 0 heterocycles. The van der Waals surface area contributed by atoms with E-state index in [1.165, 1.54) is 0 Å². The van der Waals surface area contributed by atoms with Crippen LogP contribution in [-0.4, -0.2) is 30.6 Å². The lowest BCUT2D eigenvalue weighted by Gasteiger charge is -2.23. The first-order valence-corrected chi connectivity index (χ1v) is 7.49. The first-order chi connectivity index (χ1) is 9.12. The molecule has 0 saturated carbocycles. The zero-order valence-electron chi connectivity index (χ0n) is 11.6. The van der Waals surface area contributed by atoms with E-state index in [9.17, 15) is 0 Å². The summed E-state index contributed by atoms with van der Waals surface area (Å²) in [5, 5.41) is 1.41. The first-order valence-electron chi connectivity index (χ1n) is 6.73. The van der Waals surface area contributed by atoms with Crippen LogP contribution in [0.4, 0.5) is 0 Å². The summed E-state index contributed by atoms with van der Waals surface area (Å²) < 4.78 is 0. The van der Waals surface area contributed by atoms with Crippen LogP contribution in [0.2, 0.25) is 10.0 Å². The van der Waals surface area contributed by atoms with Gasteiger partial charge in [-0.15, -0.1) is 0 Å². The number of rotatable bonds is 8. The third-order valence-electron chi connectivity index (χ3n) is 3.44.